The first kappa shape index (κ1) is 21.1. The highest BCUT2D eigenvalue weighted by atomic mass is 15.3. The summed E-state index contributed by atoms with van der Waals surface area (Å²) in [5, 5.41) is 7.87. The van der Waals surface area contributed by atoms with Crippen molar-refractivity contribution >= 4 is 22.9 Å². The zero-order valence-electron chi connectivity index (χ0n) is 19.6. The van der Waals surface area contributed by atoms with Crippen molar-refractivity contribution in [3.8, 4) is 5.69 Å². The maximum Gasteiger partial charge on any atom is 0.229 e. The third-order valence-corrected chi connectivity index (χ3v) is 7.08. The van der Waals surface area contributed by atoms with Gasteiger partial charge < -0.3 is 19.7 Å². The Kier molecular flexibility index (Phi) is 5.62. The molecule has 0 unspecified atom stereocenters. The number of rotatable bonds is 6. The fourth-order valence-corrected chi connectivity index (χ4v) is 5.00. The number of anilines is 2. The van der Waals surface area contributed by atoms with Gasteiger partial charge in [0.2, 0.25) is 5.95 Å². The molecule has 0 spiro atoms. The molecule has 4 heterocycles. The Bertz CT molecular complexity index is 1230. The van der Waals surface area contributed by atoms with E-state index in [0.29, 0.717) is 12.6 Å². The fraction of sp³-hybridized carbons (Fsp3) is 0.440. The van der Waals surface area contributed by atoms with Crippen molar-refractivity contribution < 1.29 is 0 Å². The Morgan fingerprint density at radius 1 is 1.00 bits per heavy atom. The SMILES string of the molecule is CN1CCN(c2nc(NCc3ccc(-n4cccn4)cc3)c3ncn(C4CCCC4)c3n2)CC1. The van der Waals surface area contributed by atoms with Gasteiger partial charge in [0, 0.05) is 51.2 Å². The molecule has 9 nitrogen and oxygen atoms in total. The molecule has 0 atom stereocenters. The topological polar surface area (TPSA) is 79.9 Å². The summed E-state index contributed by atoms with van der Waals surface area (Å²) in [6.45, 7) is 4.59. The maximum atomic E-state index is 5.03. The summed E-state index contributed by atoms with van der Waals surface area (Å²) in [6.07, 6.45) is 10.7. The summed E-state index contributed by atoms with van der Waals surface area (Å²) in [5.41, 5.74) is 4.04. The van der Waals surface area contributed by atoms with Gasteiger partial charge in [-0.3, -0.25) is 0 Å². The van der Waals surface area contributed by atoms with Crippen LogP contribution in [0.5, 0.6) is 0 Å². The predicted octanol–water partition coefficient (Wildman–Crippen LogP) is 3.49. The average molecular weight is 458 g/mol. The van der Waals surface area contributed by atoms with Crippen molar-refractivity contribution in [3.05, 3.63) is 54.6 Å². The van der Waals surface area contributed by atoms with Gasteiger partial charge in [0.05, 0.1) is 12.0 Å². The molecule has 2 aliphatic rings. The van der Waals surface area contributed by atoms with Crippen molar-refractivity contribution in [2.75, 3.05) is 43.4 Å². The second-order valence-corrected chi connectivity index (χ2v) is 9.40. The standard InChI is InChI=1S/C25H31N9/c1-31-13-15-32(16-14-31)25-29-23(22-24(30-25)33(18-27-22)20-5-2-3-6-20)26-17-19-7-9-21(10-8-19)34-12-4-11-28-34/h4,7-12,18,20H,2-3,5-6,13-17H2,1H3,(H,26,29,30). The second-order valence-electron chi connectivity index (χ2n) is 9.40. The van der Waals surface area contributed by atoms with E-state index in [1.165, 1.54) is 31.2 Å². The van der Waals surface area contributed by atoms with Crippen LogP contribution in [0.2, 0.25) is 0 Å². The summed E-state index contributed by atoms with van der Waals surface area (Å²) in [6, 6.07) is 10.8. The van der Waals surface area contributed by atoms with Crippen LogP contribution in [0.4, 0.5) is 11.8 Å². The number of nitrogens with one attached hydrogen (secondary N) is 1. The Hall–Kier alpha value is -3.46. The number of hydrogen-bond acceptors (Lipinski definition) is 7. The molecule has 1 saturated heterocycles. The first-order valence-electron chi connectivity index (χ1n) is 12.3. The van der Waals surface area contributed by atoms with Gasteiger partial charge in [-0.2, -0.15) is 15.1 Å². The first-order valence-corrected chi connectivity index (χ1v) is 12.3. The highest BCUT2D eigenvalue weighted by Crippen LogP contribution is 2.33. The number of fused-ring (bicyclic) bond motifs is 1. The molecule has 0 amide bonds. The highest BCUT2D eigenvalue weighted by Gasteiger charge is 2.24. The molecule has 9 heteroatoms. The number of imidazole rings is 1. The van der Waals surface area contributed by atoms with Crippen LogP contribution >= 0.6 is 0 Å². The Balaban J connectivity index is 1.29. The average Bonchev–Trinajstić information content (AvgIpc) is 3.65. The summed E-state index contributed by atoms with van der Waals surface area (Å²) >= 11 is 0. The lowest BCUT2D eigenvalue weighted by atomic mass is 10.2. The summed E-state index contributed by atoms with van der Waals surface area (Å²) in [7, 11) is 2.17. The first-order chi connectivity index (χ1) is 16.7. The normalized spacial score (nSPS) is 17.6. The minimum Gasteiger partial charge on any atom is -0.364 e. The molecule has 1 aliphatic heterocycles. The minimum atomic E-state index is 0.489. The Morgan fingerprint density at radius 3 is 2.53 bits per heavy atom. The van der Waals surface area contributed by atoms with E-state index in [1.54, 1.807) is 6.20 Å². The van der Waals surface area contributed by atoms with Gasteiger partial charge in [0.1, 0.15) is 0 Å². The molecule has 176 valence electrons. The number of piperazine rings is 1. The van der Waals surface area contributed by atoms with Crippen molar-refractivity contribution in [3.63, 3.8) is 0 Å². The van der Waals surface area contributed by atoms with Gasteiger partial charge >= 0.3 is 0 Å². The van der Waals surface area contributed by atoms with Crippen molar-refractivity contribution in [1.82, 2.24) is 34.2 Å². The van der Waals surface area contributed by atoms with Crippen LogP contribution in [0.25, 0.3) is 16.9 Å². The van der Waals surface area contributed by atoms with Gasteiger partial charge in [-0.1, -0.05) is 25.0 Å². The zero-order chi connectivity index (χ0) is 22.9. The van der Waals surface area contributed by atoms with Crippen LogP contribution < -0.4 is 10.2 Å². The molecule has 4 aromatic rings. The summed E-state index contributed by atoms with van der Waals surface area (Å²) < 4.78 is 4.15. The van der Waals surface area contributed by atoms with Crippen LogP contribution in [0, 0.1) is 0 Å². The molecule has 3 aromatic heterocycles. The molecule has 1 aliphatic carbocycles. The van der Waals surface area contributed by atoms with Crippen LogP contribution in [0.3, 0.4) is 0 Å². The van der Waals surface area contributed by atoms with Gasteiger partial charge in [-0.15, -0.1) is 0 Å². The van der Waals surface area contributed by atoms with Gasteiger partial charge in [-0.25, -0.2) is 9.67 Å². The van der Waals surface area contributed by atoms with Crippen molar-refractivity contribution in [2.24, 2.45) is 0 Å². The van der Waals surface area contributed by atoms with Crippen LogP contribution in [0.15, 0.2) is 49.1 Å². The van der Waals surface area contributed by atoms with E-state index in [-0.39, 0.29) is 0 Å². The zero-order valence-corrected chi connectivity index (χ0v) is 19.6. The molecule has 34 heavy (non-hydrogen) atoms. The number of likely N-dealkylation sites (N-methyl/N-ethyl adjacent to an activating group) is 1. The second kappa shape index (κ2) is 9.06. The fourth-order valence-electron chi connectivity index (χ4n) is 5.00. The van der Waals surface area contributed by atoms with Gasteiger partial charge in [0.15, 0.2) is 17.0 Å². The molecular formula is C25H31N9. The summed E-state index contributed by atoms with van der Waals surface area (Å²) in [5.74, 6) is 1.61. The molecule has 0 radical (unpaired) electrons. The number of hydrogen-bond donors (Lipinski definition) is 1. The molecule has 1 aromatic carbocycles. The lowest BCUT2D eigenvalue weighted by molar-refractivity contribution is 0.311. The van der Waals surface area contributed by atoms with Crippen LogP contribution in [0.1, 0.15) is 37.3 Å². The third kappa shape index (κ3) is 4.11. The number of nitrogens with zero attached hydrogens (tertiary/aromatic N) is 8. The largest absolute Gasteiger partial charge is 0.364 e. The minimum absolute atomic E-state index is 0.489. The van der Waals surface area contributed by atoms with E-state index in [2.05, 4.69) is 56.1 Å². The molecule has 0 bridgehead atoms. The molecule has 6 rings (SSSR count). The van der Waals surface area contributed by atoms with Crippen molar-refractivity contribution in [2.45, 2.75) is 38.3 Å². The lowest BCUT2D eigenvalue weighted by Crippen LogP contribution is -2.45. The summed E-state index contributed by atoms with van der Waals surface area (Å²) in [4.78, 5) is 19.4. The Morgan fingerprint density at radius 2 is 1.79 bits per heavy atom. The van der Waals surface area contributed by atoms with Crippen molar-refractivity contribution in [1.29, 1.82) is 0 Å². The molecule has 2 fully saturated rings. The van der Waals surface area contributed by atoms with E-state index in [1.807, 2.05) is 23.3 Å². The maximum absolute atomic E-state index is 5.03. The van der Waals surface area contributed by atoms with Crippen LogP contribution in [-0.4, -0.2) is 67.4 Å². The molecular weight excluding hydrogens is 426 g/mol. The van der Waals surface area contributed by atoms with Gasteiger partial charge in [-0.05, 0) is 43.7 Å². The predicted molar refractivity (Wildman–Crippen MR) is 133 cm³/mol. The van der Waals surface area contributed by atoms with E-state index < -0.39 is 0 Å². The lowest BCUT2D eigenvalue weighted by Gasteiger charge is -2.32. The highest BCUT2D eigenvalue weighted by molar-refractivity contribution is 5.84. The number of benzene rings is 1. The molecule has 1 saturated carbocycles. The smallest absolute Gasteiger partial charge is 0.229 e. The van der Waals surface area contributed by atoms with Crippen LogP contribution in [-0.2, 0) is 6.54 Å². The van der Waals surface area contributed by atoms with E-state index in [9.17, 15) is 0 Å². The van der Waals surface area contributed by atoms with E-state index in [4.69, 9.17) is 15.0 Å². The monoisotopic (exact) mass is 457 g/mol. The van der Waals surface area contributed by atoms with E-state index >= 15 is 0 Å². The third-order valence-electron chi connectivity index (χ3n) is 7.08. The number of aromatic nitrogens is 6. The quantitative estimate of drug-likeness (QED) is 0.475. The Labute approximate surface area is 199 Å². The van der Waals surface area contributed by atoms with Gasteiger partial charge in [0.25, 0.3) is 0 Å². The molecule has 1 N–H and O–H groups in total. The van der Waals surface area contributed by atoms with E-state index in [0.717, 1.165) is 54.8 Å².